The number of hydrogen-bond donors (Lipinski definition) is 4. The highest BCUT2D eigenvalue weighted by molar-refractivity contribution is 5.94. The molecule has 9 nitrogen and oxygen atoms in total. The second-order valence-electron chi connectivity index (χ2n) is 8.78. The molecule has 30 heavy (non-hydrogen) atoms. The summed E-state index contributed by atoms with van der Waals surface area (Å²) in [6, 6.07) is 9.67. The van der Waals surface area contributed by atoms with Gasteiger partial charge in [0.05, 0.1) is 5.54 Å². The Morgan fingerprint density at radius 1 is 1.33 bits per heavy atom. The van der Waals surface area contributed by atoms with Gasteiger partial charge in [0, 0.05) is 18.5 Å². The normalized spacial score (nSPS) is 19.4. The van der Waals surface area contributed by atoms with E-state index in [0.29, 0.717) is 30.4 Å². The Bertz CT molecular complexity index is 1150. The number of H-pyrrole nitrogens is 2. The smallest absolute Gasteiger partial charge is 0.407 e. The molecule has 3 aromatic rings. The third kappa shape index (κ3) is 3.30. The van der Waals surface area contributed by atoms with Crippen LogP contribution in [0.5, 0.6) is 0 Å². The van der Waals surface area contributed by atoms with E-state index < -0.39 is 17.3 Å². The van der Waals surface area contributed by atoms with E-state index in [4.69, 9.17) is 4.98 Å². The second kappa shape index (κ2) is 7.16. The van der Waals surface area contributed by atoms with Crippen molar-refractivity contribution in [3.8, 4) is 11.5 Å². The van der Waals surface area contributed by atoms with Crippen LogP contribution >= 0.6 is 0 Å². The van der Waals surface area contributed by atoms with Crippen molar-refractivity contribution in [2.24, 2.45) is 5.41 Å². The summed E-state index contributed by atoms with van der Waals surface area (Å²) in [5.41, 5.74) is -0.696. The number of rotatable bonds is 4. The molecule has 4 rings (SSSR count). The number of hydrogen-bond acceptors (Lipinski definition) is 5. The van der Waals surface area contributed by atoms with Crippen molar-refractivity contribution in [2.75, 3.05) is 18.4 Å². The number of pyridine rings is 1. The minimum absolute atomic E-state index is 0.268. The average Bonchev–Trinajstić information content (AvgIpc) is 3.32. The number of anilines is 1. The first-order valence-electron chi connectivity index (χ1n) is 10.0. The van der Waals surface area contributed by atoms with Gasteiger partial charge in [-0.2, -0.15) is 5.10 Å². The van der Waals surface area contributed by atoms with E-state index >= 15 is 0 Å². The molecule has 9 heteroatoms. The molecule has 0 bridgehead atoms. The molecule has 0 aliphatic carbocycles. The molecular formula is C21H26N6O3. The van der Waals surface area contributed by atoms with Crippen LogP contribution in [0.2, 0.25) is 0 Å². The highest BCUT2D eigenvalue weighted by atomic mass is 16.4. The zero-order valence-corrected chi connectivity index (χ0v) is 17.3. The van der Waals surface area contributed by atoms with Crippen molar-refractivity contribution in [3.05, 3.63) is 40.8 Å². The van der Waals surface area contributed by atoms with E-state index in [1.807, 2.05) is 30.3 Å². The molecule has 1 atom stereocenters. The van der Waals surface area contributed by atoms with Crippen LogP contribution in [0.3, 0.4) is 0 Å². The number of fused-ring (bicyclic) bond motifs is 1. The zero-order chi connectivity index (χ0) is 21.5. The third-order valence-electron chi connectivity index (χ3n) is 6.15. The molecule has 1 aromatic carbocycles. The van der Waals surface area contributed by atoms with Crippen molar-refractivity contribution in [2.45, 2.75) is 39.2 Å². The van der Waals surface area contributed by atoms with Crippen molar-refractivity contribution < 1.29 is 9.90 Å². The van der Waals surface area contributed by atoms with Gasteiger partial charge in [0.2, 0.25) is 0 Å². The van der Waals surface area contributed by atoms with Gasteiger partial charge in [0.1, 0.15) is 11.5 Å². The van der Waals surface area contributed by atoms with E-state index in [1.54, 1.807) is 4.90 Å². The molecular weight excluding hydrogens is 384 g/mol. The summed E-state index contributed by atoms with van der Waals surface area (Å²) in [6.07, 6.45) is 0.707. The van der Waals surface area contributed by atoms with Crippen LogP contribution in [0, 0.1) is 5.41 Å². The summed E-state index contributed by atoms with van der Waals surface area (Å²) in [5.74, 6) is 0.986. The predicted octanol–water partition coefficient (Wildman–Crippen LogP) is 3.28. The fourth-order valence-electron chi connectivity index (χ4n) is 4.46. The van der Waals surface area contributed by atoms with Gasteiger partial charge in [-0.1, -0.05) is 45.0 Å². The van der Waals surface area contributed by atoms with Gasteiger partial charge in [0.25, 0.3) is 0 Å². The lowest BCUT2D eigenvalue weighted by Gasteiger charge is -2.47. The van der Waals surface area contributed by atoms with Crippen LogP contribution in [-0.2, 0) is 0 Å². The first kappa shape index (κ1) is 19.9. The molecule has 1 fully saturated rings. The highest BCUT2D eigenvalue weighted by Crippen LogP contribution is 2.44. The van der Waals surface area contributed by atoms with Gasteiger partial charge < -0.3 is 15.3 Å². The highest BCUT2D eigenvalue weighted by Gasteiger charge is 2.51. The maximum atomic E-state index is 12.0. The lowest BCUT2D eigenvalue weighted by Crippen LogP contribution is -2.59. The van der Waals surface area contributed by atoms with Crippen LogP contribution in [0.1, 0.15) is 33.6 Å². The second-order valence-corrected chi connectivity index (χ2v) is 8.78. The molecule has 0 radical (unpaired) electrons. The van der Waals surface area contributed by atoms with Gasteiger partial charge in [0.15, 0.2) is 5.82 Å². The summed E-state index contributed by atoms with van der Waals surface area (Å²) in [7, 11) is 0. The SMILES string of the molecule is CC(C)(C)C1(CNc2nc(-c3n[nH]c(=O)[nH]3)cc3ccccc23)CCCN1C(=O)O. The van der Waals surface area contributed by atoms with Crippen molar-refractivity contribution in [1.82, 2.24) is 25.1 Å². The maximum Gasteiger partial charge on any atom is 0.407 e. The lowest BCUT2D eigenvalue weighted by molar-refractivity contribution is 0.0400. The van der Waals surface area contributed by atoms with Gasteiger partial charge >= 0.3 is 11.8 Å². The quantitative estimate of drug-likeness (QED) is 0.523. The number of aromatic amines is 2. The lowest BCUT2D eigenvalue weighted by atomic mass is 9.71. The Balaban J connectivity index is 1.76. The topological polar surface area (TPSA) is 127 Å². The Labute approximate surface area is 173 Å². The number of carbonyl (C=O) groups is 1. The number of nitrogens with one attached hydrogen (secondary N) is 3. The van der Waals surface area contributed by atoms with Crippen LogP contribution in [0.4, 0.5) is 10.6 Å². The fraction of sp³-hybridized carbons (Fsp3) is 0.429. The standard InChI is InChI=1S/C21H26N6O3/c1-20(2,3)21(9-6-10-27(21)19(29)30)12-22-16-14-8-5-4-7-13(14)11-15(23-16)17-24-18(28)26-25-17/h4-5,7-8,11H,6,9-10,12H2,1-3H3,(H,22,23)(H,29,30)(H2,24,25,26,28). The minimum atomic E-state index is -0.898. The molecule has 3 heterocycles. The van der Waals surface area contributed by atoms with Crippen molar-refractivity contribution in [3.63, 3.8) is 0 Å². The molecule has 1 unspecified atom stereocenters. The molecule has 158 valence electrons. The molecule has 0 spiro atoms. The van der Waals surface area contributed by atoms with E-state index in [9.17, 15) is 14.7 Å². The summed E-state index contributed by atoms with van der Waals surface area (Å²) in [6.45, 7) is 7.18. The van der Waals surface area contributed by atoms with Gasteiger partial charge in [-0.05, 0) is 29.7 Å². The average molecular weight is 410 g/mol. The first-order valence-corrected chi connectivity index (χ1v) is 10.0. The molecule has 0 saturated carbocycles. The molecule has 1 saturated heterocycles. The van der Waals surface area contributed by atoms with Gasteiger partial charge in [-0.25, -0.2) is 19.7 Å². The zero-order valence-electron chi connectivity index (χ0n) is 17.3. The van der Waals surface area contributed by atoms with Crippen molar-refractivity contribution in [1.29, 1.82) is 0 Å². The Kier molecular flexibility index (Phi) is 4.76. The fourth-order valence-corrected chi connectivity index (χ4v) is 4.46. The number of carboxylic acid groups (broad SMARTS) is 1. The Hall–Kier alpha value is -3.36. The summed E-state index contributed by atoms with van der Waals surface area (Å²) >= 11 is 0. The molecule has 1 amide bonds. The summed E-state index contributed by atoms with van der Waals surface area (Å²) in [4.78, 5) is 32.4. The molecule has 4 N–H and O–H groups in total. The van der Waals surface area contributed by atoms with E-state index in [-0.39, 0.29) is 5.41 Å². The minimum Gasteiger partial charge on any atom is -0.465 e. The van der Waals surface area contributed by atoms with Gasteiger partial charge in [-0.3, -0.25) is 4.98 Å². The number of likely N-dealkylation sites (tertiary alicyclic amines) is 1. The van der Waals surface area contributed by atoms with E-state index in [2.05, 4.69) is 41.3 Å². The summed E-state index contributed by atoms with van der Waals surface area (Å²) < 4.78 is 0. The maximum absolute atomic E-state index is 12.0. The van der Waals surface area contributed by atoms with Crippen molar-refractivity contribution >= 4 is 22.7 Å². The number of amides is 1. The summed E-state index contributed by atoms with van der Waals surface area (Å²) in [5, 5.41) is 21.5. The first-order chi connectivity index (χ1) is 14.2. The van der Waals surface area contributed by atoms with E-state index in [0.717, 1.165) is 23.6 Å². The number of benzene rings is 1. The molecule has 2 aromatic heterocycles. The van der Waals surface area contributed by atoms with Crippen LogP contribution in [0.15, 0.2) is 35.1 Å². The number of nitrogens with zero attached hydrogens (tertiary/aromatic N) is 3. The number of aromatic nitrogens is 4. The largest absolute Gasteiger partial charge is 0.465 e. The third-order valence-corrected chi connectivity index (χ3v) is 6.15. The predicted molar refractivity (Wildman–Crippen MR) is 115 cm³/mol. The van der Waals surface area contributed by atoms with Gasteiger partial charge in [-0.15, -0.1) is 0 Å². The van der Waals surface area contributed by atoms with Crippen LogP contribution in [0.25, 0.3) is 22.3 Å². The van der Waals surface area contributed by atoms with Crippen LogP contribution < -0.4 is 11.0 Å². The molecule has 1 aliphatic heterocycles. The Morgan fingerprint density at radius 3 is 2.77 bits per heavy atom. The Morgan fingerprint density at radius 2 is 2.10 bits per heavy atom. The van der Waals surface area contributed by atoms with Crippen LogP contribution in [-0.4, -0.2) is 54.9 Å². The van der Waals surface area contributed by atoms with E-state index in [1.165, 1.54) is 0 Å². The molecule has 1 aliphatic rings. The monoisotopic (exact) mass is 410 g/mol.